The second-order valence-corrected chi connectivity index (χ2v) is 4.23. The maximum Gasteiger partial charge on any atom is 0.161 e. The van der Waals surface area contributed by atoms with Gasteiger partial charge in [0.2, 0.25) is 0 Å². The number of nitrogens with zero attached hydrogens (tertiary/aromatic N) is 2. The number of hydrogen-bond donors (Lipinski definition) is 1. The van der Waals surface area contributed by atoms with Crippen LogP contribution >= 0.6 is 0 Å². The maximum atomic E-state index is 13.4. The van der Waals surface area contributed by atoms with Gasteiger partial charge in [-0.2, -0.15) is 5.10 Å². The second-order valence-electron chi connectivity index (χ2n) is 4.23. The molecule has 2 aromatic rings. The third-order valence-electron chi connectivity index (χ3n) is 2.81. The molecule has 19 heavy (non-hydrogen) atoms. The Balaban J connectivity index is 2.16. The molecule has 1 aromatic heterocycles. The van der Waals surface area contributed by atoms with E-state index in [2.05, 4.69) is 10.4 Å². The second kappa shape index (κ2) is 5.34. The van der Waals surface area contributed by atoms with Crippen molar-refractivity contribution < 1.29 is 13.2 Å². The molecule has 3 nitrogen and oxygen atoms in total. The molecule has 0 atom stereocenters. The van der Waals surface area contributed by atoms with Gasteiger partial charge in [0.25, 0.3) is 0 Å². The van der Waals surface area contributed by atoms with Crippen molar-refractivity contribution in [1.29, 1.82) is 0 Å². The van der Waals surface area contributed by atoms with Crippen molar-refractivity contribution >= 4 is 5.69 Å². The van der Waals surface area contributed by atoms with Crippen LogP contribution < -0.4 is 5.32 Å². The number of halogens is 3. The first-order valence-corrected chi connectivity index (χ1v) is 5.91. The zero-order valence-electron chi connectivity index (χ0n) is 10.7. The SMILES string of the molecule is CCc1nn(C)cc1CNc1cc(F)c(F)cc1F. The number of rotatable bonds is 4. The summed E-state index contributed by atoms with van der Waals surface area (Å²) >= 11 is 0. The van der Waals surface area contributed by atoms with Gasteiger partial charge in [-0.05, 0) is 6.42 Å². The van der Waals surface area contributed by atoms with E-state index >= 15 is 0 Å². The first kappa shape index (κ1) is 13.5. The topological polar surface area (TPSA) is 29.9 Å². The van der Waals surface area contributed by atoms with Gasteiger partial charge in [0.05, 0.1) is 11.4 Å². The predicted molar refractivity (Wildman–Crippen MR) is 66.2 cm³/mol. The molecule has 0 fully saturated rings. The molecule has 0 saturated carbocycles. The molecule has 1 heterocycles. The summed E-state index contributed by atoms with van der Waals surface area (Å²) in [7, 11) is 1.79. The van der Waals surface area contributed by atoms with E-state index < -0.39 is 17.5 Å². The quantitative estimate of drug-likeness (QED) is 0.865. The molecule has 0 aliphatic rings. The molecule has 2 rings (SSSR count). The average Bonchev–Trinajstić information content (AvgIpc) is 2.72. The molecule has 0 amide bonds. The Morgan fingerprint density at radius 3 is 2.53 bits per heavy atom. The normalized spacial score (nSPS) is 10.8. The number of benzene rings is 1. The Morgan fingerprint density at radius 1 is 1.16 bits per heavy atom. The monoisotopic (exact) mass is 269 g/mol. The van der Waals surface area contributed by atoms with Gasteiger partial charge in [-0.25, -0.2) is 13.2 Å². The van der Waals surface area contributed by atoms with Gasteiger partial charge in [-0.1, -0.05) is 6.92 Å². The maximum absolute atomic E-state index is 13.4. The van der Waals surface area contributed by atoms with Crippen LogP contribution in [0.15, 0.2) is 18.3 Å². The largest absolute Gasteiger partial charge is 0.378 e. The lowest BCUT2D eigenvalue weighted by atomic mass is 10.2. The number of hydrogen-bond acceptors (Lipinski definition) is 2. The Bertz CT molecular complexity index is 593. The number of nitrogens with one attached hydrogen (secondary N) is 1. The van der Waals surface area contributed by atoms with Crippen molar-refractivity contribution in [3.8, 4) is 0 Å². The Morgan fingerprint density at radius 2 is 1.84 bits per heavy atom. The number of aryl methyl sites for hydroxylation is 2. The molecule has 0 bridgehead atoms. The van der Waals surface area contributed by atoms with Crippen LogP contribution in [0.1, 0.15) is 18.2 Å². The zero-order valence-corrected chi connectivity index (χ0v) is 10.7. The summed E-state index contributed by atoms with van der Waals surface area (Å²) in [4.78, 5) is 0. The van der Waals surface area contributed by atoms with Gasteiger partial charge in [-0.3, -0.25) is 4.68 Å². The fraction of sp³-hybridized carbons (Fsp3) is 0.308. The molecular formula is C13H14F3N3. The molecule has 0 unspecified atom stereocenters. The summed E-state index contributed by atoms with van der Waals surface area (Å²) < 4.78 is 40.9. The molecule has 0 saturated heterocycles. The summed E-state index contributed by atoms with van der Waals surface area (Å²) in [5.74, 6) is -3.09. The molecule has 1 N–H and O–H groups in total. The summed E-state index contributed by atoms with van der Waals surface area (Å²) in [6.07, 6.45) is 2.56. The van der Waals surface area contributed by atoms with E-state index in [-0.39, 0.29) is 5.69 Å². The summed E-state index contributed by atoms with van der Waals surface area (Å²) in [5, 5.41) is 6.99. The van der Waals surface area contributed by atoms with Crippen molar-refractivity contribution in [2.75, 3.05) is 5.32 Å². The van der Waals surface area contributed by atoms with Crippen molar-refractivity contribution in [3.05, 3.63) is 47.0 Å². The lowest BCUT2D eigenvalue weighted by Crippen LogP contribution is -2.04. The highest BCUT2D eigenvalue weighted by Crippen LogP contribution is 2.19. The molecule has 0 aliphatic carbocycles. The van der Waals surface area contributed by atoms with Crippen LogP contribution in [-0.2, 0) is 20.0 Å². The van der Waals surface area contributed by atoms with Gasteiger partial charge >= 0.3 is 0 Å². The first-order chi connectivity index (χ1) is 9.01. The Labute approximate surface area is 109 Å². The average molecular weight is 269 g/mol. The van der Waals surface area contributed by atoms with Gasteiger partial charge < -0.3 is 5.32 Å². The van der Waals surface area contributed by atoms with E-state index in [0.717, 1.165) is 23.7 Å². The third kappa shape index (κ3) is 2.89. The van der Waals surface area contributed by atoms with Crippen LogP contribution in [0.5, 0.6) is 0 Å². The van der Waals surface area contributed by atoms with Crippen LogP contribution in [0.3, 0.4) is 0 Å². The molecular weight excluding hydrogens is 255 g/mol. The smallest absolute Gasteiger partial charge is 0.161 e. The minimum Gasteiger partial charge on any atom is -0.378 e. The Kier molecular flexibility index (Phi) is 3.78. The zero-order chi connectivity index (χ0) is 14.0. The summed E-state index contributed by atoms with van der Waals surface area (Å²) in [6.45, 7) is 2.27. The van der Waals surface area contributed by atoms with Crippen LogP contribution in [0.25, 0.3) is 0 Å². The van der Waals surface area contributed by atoms with Gasteiger partial charge in [0.1, 0.15) is 5.82 Å². The van der Waals surface area contributed by atoms with Crippen LogP contribution in [0, 0.1) is 17.5 Å². The van der Waals surface area contributed by atoms with Crippen molar-refractivity contribution in [3.63, 3.8) is 0 Å². The van der Waals surface area contributed by atoms with E-state index in [4.69, 9.17) is 0 Å². The predicted octanol–water partition coefficient (Wildman–Crippen LogP) is 3.01. The fourth-order valence-electron chi connectivity index (χ4n) is 1.88. The lowest BCUT2D eigenvalue weighted by Gasteiger charge is -2.07. The molecule has 6 heteroatoms. The van der Waals surface area contributed by atoms with E-state index in [1.165, 1.54) is 0 Å². The van der Waals surface area contributed by atoms with Crippen LogP contribution in [-0.4, -0.2) is 9.78 Å². The summed E-state index contributed by atoms with van der Waals surface area (Å²) in [5.41, 5.74) is 1.72. The Hall–Kier alpha value is -1.98. The molecule has 102 valence electrons. The number of anilines is 1. The van der Waals surface area contributed by atoms with E-state index in [1.807, 2.05) is 13.1 Å². The minimum atomic E-state index is -1.20. The van der Waals surface area contributed by atoms with Crippen molar-refractivity contribution in [2.45, 2.75) is 19.9 Å². The lowest BCUT2D eigenvalue weighted by molar-refractivity contribution is 0.496. The van der Waals surface area contributed by atoms with E-state index in [0.29, 0.717) is 12.6 Å². The van der Waals surface area contributed by atoms with Gasteiger partial charge in [-0.15, -0.1) is 0 Å². The molecule has 0 radical (unpaired) electrons. The van der Waals surface area contributed by atoms with Crippen LogP contribution in [0.4, 0.5) is 18.9 Å². The molecule has 1 aromatic carbocycles. The molecule has 0 aliphatic heterocycles. The third-order valence-corrected chi connectivity index (χ3v) is 2.81. The standard InChI is InChI=1S/C13H14F3N3/c1-3-12-8(7-19(2)18-12)6-17-13-5-10(15)9(14)4-11(13)16/h4-5,7,17H,3,6H2,1-2H3. The van der Waals surface area contributed by atoms with Crippen molar-refractivity contribution in [1.82, 2.24) is 9.78 Å². The first-order valence-electron chi connectivity index (χ1n) is 5.91. The van der Waals surface area contributed by atoms with E-state index in [9.17, 15) is 13.2 Å². The van der Waals surface area contributed by atoms with Gasteiger partial charge in [0.15, 0.2) is 11.6 Å². The highest BCUT2D eigenvalue weighted by Gasteiger charge is 2.11. The minimum absolute atomic E-state index is 0.0650. The highest BCUT2D eigenvalue weighted by atomic mass is 19.2. The van der Waals surface area contributed by atoms with Crippen LogP contribution in [0.2, 0.25) is 0 Å². The van der Waals surface area contributed by atoms with Gasteiger partial charge in [0, 0.05) is 37.5 Å². The fourth-order valence-corrected chi connectivity index (χ4v) is 1.88. The number of aromatic nitrogens is 2. The van der Waals surface area contributed by atoms with Crippen molar-refractivity contribution in [2.24, 2.45) is 7.05 Å². The highest BCUT2D eigenvalue weighted by molar-refractivity contribution is 5.46. The molecule has 0 spiro atoms. The van der Waals surface area contributed by atoms with E-state index in [1.54, 1.807) is 11.7 Å². The summed E-state index contributed by atoms with van der Waals surface area (Å²) in [6, 6.07) is 1.34.